The van der Waals surface area contributed by atoms with E-state index in [1.54, 1.807) is 26.0 Å². The molecule has 1 aromatic heterocycles. The van der Waals surface area contributed by atoms with E-state index in [2.05, 4.69) is 29.0 Å². The predicted octanol–water partition coefficient (Wildman–Crippen LogP) is 3.35. The first-order valence-corrected chi connectivity index (χ1v) is 9.95. The fourth-order valence-electron chi connectivity index (χ4n) is 2.71. The van der Waals surface area contributed by atoms with E-state index in [9.17, 15) is 0 Å². The first-order valence-electron chi connectivity index (χ1n) is 8.72. The summed E-state index contributed by atoms with van der Waals surface area (Å²) in [6.07, 6.45) is 3.92. The Morgan fingerprint density at radius 3 is 2.23 bits per heavy atom. The molecule has 0 fully saturated rings. The minimum atomic E-state index is 0.694. The van der Waals surface area contributed by atoms with E-state index in [0.717, 1.165) is 46.7 Å². The molecular weight excluding hydrogens is 348 g/mol. The third kappa shape index (κ3) is 5.25. The Labute approximate surface area is 160 Å². The molecule has 0 saturated heterocycles. The van der Waals surface area contributed by atoms with Crippen LogP contribution >= 0.6 is 11.8 Å². The average Bonchev–Trinajstić information content (AvgIpc) is 2.69. The van der Waals surface area contributed by atoms with Gasteiger partial charge in [-0.3, -0.25) is 0 Å². The maximum Gasteiger partial charge on any atom is 0.189 e. The van der Waals surface area contributed by atoms with Crippen LogP contribution in [0.5, 0.6) is 11.5 Å². The number of rotatable bonds is 10. The van der Waals surface area contributed by atoms with Gasteiger partial charge in [0, 0.05) is 44.0 Å². The van der Waals surface area contributed by atoms with Gasteiger partial charge in [-0.2, -0.15) is 0 Å². The van der Waals surface area contributed by atoms with Gasteiger partial charge in [-0.1, -0.05) is 11.8 Å². The quantitative estimate of drug-likeness (QED) is 0.504. The molecular formula is C19H28N4O2S. The number of benzene rings is 1. The molecule has 2 rings (SSSR count). The predicted molar refractivity (Wildman–Crippen MR) is 107 cm³/mol. The highest BCUT2D eigenvalue weighted by Gasteiger charge is 2.12. The molecule has 2 aromatic rings. The molecule has 6 nitrogen and oxygen atoms in total. The zero-order chi connectivity index (χ0) is 18.9. The molecule has 1 heterocycles. The topological polar surface area (TPSA) is 59.5 Å². The van der Waals surface area contributed by atoms with Gasteiger partial charge in [0.25, 0.3) is 0 Å². The molecule has 26 heavy (non-hydrogen) atoms. The minimum Gasteiger partial charge on any atom is -0.497 e. The van der Waals surface area contributed by atoms with Crippen molar-refractivity contribution in [2.24, 2.45) is 0 Å². The van der Waals surface area contributed by atoms with Crippen LogP contribution in [0.2, 0.25) is 0 Å². The summed E-state index contributed by atoms with van der Waals surface area (Å²) in [4.78, 5) is 11.4. The number of thioether (sulfide) groups is 1. The van der Waals surface area contributed by atoms with E-state index in [1.165, 1.54) is 0 Å². The lowest BCUT2D eigenvalue weighted by atomic mass is 10.2. The second-order valence-electron chi connectivity index (χ2n) is 5.70. The molecule has 142 valence electrons. The van der Waals surface area contributed by atoms with Crippen molar-refractivity contribution in [1.82, 2.24) is 15.3 Å². The molecule has 0 bridgehead atoms. The van der Waals surface area contributed by atoms with Crippen molar-refractivity contribution in [1.29, 1.82) is 0 Å². The molecule has 0 atom stereocenters. The highest BCUT2D eigenvalue weighted by molar-refractivity contribution is 7.98. The van der Waals surface area contributed by atoms with Crippen molar-refractivity contribution in [2.45, 2.75) is 32.1 Å². The molecule has 0 spiro atoms. The average molecular weight is 377 g/mol. The molecule has 1 N–H and O–H groups in total. The summed E-state index contributed by atoms with van der Waals surface area (Å²) in [5.41, 5.74) is 2.20. The second kappa shape index (κ2) is 10.2. The molecule has 7 heteroatoms. The second-order valence-corrected chi connectivity index (χ2v) is 6.48. The number of nitrogens with zero attached hydrogens (tertiary/aromatic N) is 3. The van der Waals surface area contributed by atoms with Gasteiger partial charge >= 0.3 is 0 Å². The Morgan fingerprint density at radius 1 is 1.04 bits per heavy atom. The third-order valence-electron chi connectivity index (χ3n) is 4.12. The van der Waals surface area contributed by atoms with Gasteiger partial charge < -0.3 is 19.7 Å². The zero-order valence-electron chi connectivity index (χ0n) is 16.2. The maximum absolute atomic E-state index is 5.33. The highest BCUT2D eigenvalue weighted by Crippen LogP contribution is 2.23. The van der Waals surface area contributed by atoms with Crippen LogP contribution in [0, 0.1) is 0 Å². The number of aromatic nitrogens is 2. The highest BCUT2D eigenvalue weighted by atomic mass is 32.2. The number of methoxy groups -OCH3 is 2. The monoisotopic (exact) mass is 376 g/mol. The summed E-state index contributed by atoms with van der Waals surface area (Å²) < 4.78 is 10.7. The molecule has 0 aliphatic carbocycles. The summed E-state index contributed by atoms with van der Waals surface area (Å²) in [7, 11) is 3.32. The number of nitrogens with one attached hydrogen (secondary N) is 1. The SMILES string of the molecule is CCN(CC)c1nc(SC)ncc1CNCc1cc(OC)cc(OC)c1. The summed E-state index contributed by atoms with van der Waals surface area (Å²) in [5.74, 6) is 2.58. The van der Waals surface area contributed by atoms with E-state index in [1.807, 2.05) is 30.7 Å². The lowest BCUT2D eigenvalue weighted by Gasteiger charge is -2.23. The Hall–Kier alpha value is -1.99. The molecule has 1 aromatic carbocycles. The molecule has 0 aliphatic heterocycles. The van der Waals surface area contributed by atoms with Gasteiger partial charge in [-0.25, -0.2) is 9.97 Å². The largest absolute Gasteiger partial charge is 0.497 e. The van der Waals surface area contributed by atoms with E-state index in [-0.39, 0.29) is 0 Å². The Balaban J connectivity index is 2.12. The summed E-state index contributed by atoms with van der Waals surface area (Å²) in [5, 5.41) is 4.28. The van der Waals surface area contributed by atoms with Crippen LogP contribution in [0.15, 0.2) is 29.6 Å². The normalized spacial score (nSPS) is 10.7. The Kier molecular flexibility index (Phi) is 8.00. The molecule has 0 unspecified atom stereocenters. The van der Waals surface area contributed by atoms with E-state index >= 15 is 0 Å². The van der Waals surface area contributed by atoms with Crippen LogP contribution in [0.4, 0.5) is 5.82 Å². The lowest BCUT2D eigenvalue weighted by molar-refractivity contribution is 0.393. The number of hydrogen-bond acceptors (Lipinski definition) is 7. The van der Waals surface area contributed by atoms with E-state index < -0.39 is 0 Å². The van der Waals surface area contributed by atoms with Gasteiger partial charge in [0.05, 0.1) is 14.2 Å². The minimum absolute atomic E-state index is 0.694. The van der Waals surface area contributed by atoms with Crippen molar-refractivity contribution in [2.75, 3.05) is 38.5 Å². The van der Waals surface area contributed by atoms with Crippen molar-refractivity contribution in [3.05, 3.63) is 35.5 Å². The number of anilines is 1. The summed E-state index contributed by atoms with van der Waals surface area (Å²) in [6.45, 7) is 7.52. The number of ether oxygens (including phenoxy) is 2. The first kappa shape index (κ1) is 20.3. The van der Waals surface area contributed by atoms with Crippen LogP contribution in [0.1, 0.15) is 25.0 Å². The van der Waals surface area contributed by atoms with E-state index in [4.69, 9.17) is 14.5 Å². The molecule has 0 saturated carbocycles. The van der Waals surface area contributed by atoms with Gasteiger partial charge in [0.2, 0.25) is 0 Å². The summed E-state index contributed by atoms with van der Waals surface area (Å²) in [6, 6.07) is 5.89. The number of hydrogen-bond donors (Lipinski definition) is 1. The Bertz CT molecular complexity index is 686. The standard InChI is InChI=1S/C19H28N4O2S/c1-6-23(7-2)18-15(13-21-19(22-18)26-5)12-20-11-14-8-16(24-3)10-17(9-14)25-4/h8-10,13,20H,6-7,11-12H2,1-5H3. The van der Waals surface area contributed by atoms with Crippen molar-refractivity contribution < 1.29 is 9.47 Å². The zero-order valence-corrected chi connectivity index (χ0v) is 17.0. The van der Waals surface area contributed by atoms with Crippen molar-refractivity contribution in [3.8, 4) is 11.5 Å². The van der Waals surface area contributed by atoms with Gasteiger partial charge in [-0.05, 0) is 37.8 Å². The smallest absolute Gasteiger partial charge is 0.189 e. The van der Waals surface area contributed by atoms with E-state index in [0.29, 0.717) is 13.1 Å². The lowest BCUT2D eigenvalue weighted by Crippen LogP contribution is -2.26. The summed E-state index contributed by atoms with van der Waals surface area (Å²) >= 11 is 1.56. The maximum atomic E-state index is 5.33. The fourth-order valence-corrected chi connectivity index (χ4v) is 3.05. The molecule has 0 radical (unpaired) electrons. The van der Waals surface area contributed by atoms with Crippen molar-refractivity contribution in [3.63, 3.8) is 0 Å². The van der Waals surface area contributed by atoms with Crippen LogP contribution in [-0.4, -0.2) is 43.5 Å². The third-order valence-corrected chi connectivity index (χ3v) is 4.68. The first-order chi connectivity index (χ1) is 12.6. The van der Waals surface area contributed by atoms with Crippen LogP contribution in [-0.2, 0) is 13.1 Å². The molecule has 0 aliphatic rings. The fraction of sp³-hybridized carbons (Fsp3) is 0.474. The molecule has 0 amide bonds. The van der Waals surface area contributed by atoms with Crippen LogP contribution in [0.3, 0.4) is 0 Å². The van der Waals surface area contributed by atoms with Gasteiger partial charge in [-0.15, -0.1) is 0 Å². The van der Waals surface area contributed by atoms with Gasteiger partial charge in [0.1, 0.15) is 17.3 Å². The van der Waals surface area contributed by atoms with Crippen LogP contribution in [0.25, 0.3) is 0 Å². The van der Waals surface area contributed by atoms with Gasteiger partial charge in [0.15, 0.2) is 5.16 Å². The van der Waals surface area contributed by atoms with Crippen LogP contribution < -0.4 is 19.7 Å². The Morgan fingerprint density at radius 2 is 1.69 bits per heavy atom. The van der Waals surface area contributed by atoms with Crippen molar-refractivity contribution >= 4 is 17.6 Å².